The van der Waals surface area contributed by atoms with Crippen molar-refractivity contribution in [3.05, 3.63) is 90.8 Å². The maximum atomic E-state index is 12.5. The summed E-state index contributed by atoms with van der Waals surface area (Å²) in [7, 11) is 3.97. The fraction of sp³-hybridized carbons (Fsp3) is 0.192. The van der Waals surface area contributed by atoms with Crippen molar-refractivity contribution in [3.63, 3.8) is 0 Å². The van der Waals surface area contributed by atoms with E-state index in [1.165, 1.54) is 6.08 Å². The molecule has 0 saturated heterocycles. The van der Waals surface area contributed by atoms with Crippen LogP contribution in [-0.4, -0.2) is 41.7 Å². The largest absolute Gasteiger partial charge is 0.397 e. The number of imidazole rings is 1. The molecule has 1 heterocycles. The minimum absolute atomic E-state index is 0.180. The molecule has 0 fully saturated rings. The van der Waals surface area contributed by atoms with Crippen LogP contribution in [0.4, 0.5) is 22.7 Å². The third-order valence-electron chi connectivity index (χ3n) is 5.39. The number of aryl methyl sites for hydroxylation is 1. The Morgan fingerprint density at radius 3 is 2.44 bits per heavy atom. The number of nitrogens with two attached hydrogens (primary N) is 1. The predicted molar refractivity (Wildman–Crippen MR) is 139 cm³/mol. The molecule has 0 unspecified atom stereocenters. The Morgan fingerprint density at radius 2 is 1.76 bits per heavy atom. The van der Waals surface area contributed by atoms with Gasteiger partial charge in [0.2, 0.25) is 5.78 Å². The normalized spacial score (nSPS) is 14.5. The summed E-state index contributed by atoms with van der Waals surface area (Å²) >= 11 is 0. The zero-order valence-electron chi connectivity index (χ0n) is 19.4. The molecule has 3 aromatic rings. The number of carbonyl (C=O) groups excluding carboxylic acids is 1. The second-order valence-electron chi connectivity index (χ2n) is 8.21. The molecule has 0 saturated carbocycles. The molecule has 2 aromatic carbocycles. The molecule has 174 valence electrons. The Kier molecular flexibility index (Phi) is 7.07. The van der Waals surface area contributed by atoms with Crippen molar-refractivity contribution in [3.8, 4) is 0 Å². The lowest BCUT2D eigenvalue weighted by Gasteiger charge is -2.15. The number of rotatable bonds is 9. The van der Waals surface area contributed by atoms with Crippen LogP contribution < -0.4 is 21.3 Å². The van der Waals surface area contributed by atoms with E-state index in [1.54, 1.807) is 12.3 Å². The third kappa shape index (κ3) is 5.92. The summed E-state index contributed by atoms with van der Waals surface area (Å²) in [5, 5.41) is 6.60. The zero-order valence-corrected chi connectivity index (χ0v) is 19.4. The molecule has 1 aliphatic carbocycles. The van der Waals surface area contributed by atoms with Gasteiger partial charge in [-0.25, -0.2) is 9.98 Å². The van der Waals surface area contributed by atoms with Crippen LogP contribution in [0.2, 0.25) is 0 Å². The lowest BCUT2D eigenvalue weighted by Crippen LogP contribution is -2.22. The molecule has 0 aliphatic heterocycles. The first kappa shape index (κ1) is 22.8. The average molecular weight is 456 g/mol. The zero-order chi connectivity index (χ0) is 23.9. The van der Waals surface area contributed by atoms with E-state index in [9.17, 15) is 4.79 Å². The van der Waals surface area contributed by atoms with Crippen molar-refractivity contribution in [1.29, 1.82) is 0 Å². The van der Waals surface area contributed by atoms with Gasteiger partial charge in [0, 0.05) is 62.7 Å². The van der Waals surface area contributed by atoms with Crippen molar-refractivity contribution in [2.75, 3.05) is 36.2 Å². The second kappa shape index (κ2) is 10.5. The molecule has 8 heteroatoms. The molecule has 0 spiro atoms. The summed E-state index contributed by atoms with van der Waals surface area (Å²) in [6.07, 6.45) is 9.66. The lowest BCUT2D eigenvalue weighted by atomic mass is 10.1. The standard InChI is InChI=1S/C26H29N7O/c1-32(2)22-10-8-21(9-11-22)30-24-17-25(26(34)16-23(24)27)31-20-6-4-19(5-7-20)29-12-3-14-33-15-13-28-18-33/h4-11,13,15-18,29,31H,3,12,14,27H2,1-2H3/b30-24+. The minimum atomic E-state index is -0.180. The molecule has 1 aromatic heterocycles. The number of nitrogens with zero attached hydrogens (tertiary/aromatic N) is 4. The second-order valence-corrected chi connectivity index (χ2v) is 8.21. The van der Waals surface area contributed by atoms with Gasteiger partial charge >= 0.3 is 0 Å². The van der Waals surface area contributed by atoms with E-state index in [1.807, 2.05) is 80.1 Å². The quantitative estimate of drug-likeness (QED) is 0.334. The Hall–Kier alpha value is -4.33. The van der Waals surface area contributed by atoms with Crippen LogP contribution in [0.15, 0.2) is 95.8 Å². The highest BCUT2D eigenvalue weighted by Gasteiger charge is 2.17. The highest BCUT2D eigenvalue weighted by Crippen LogP contribution is 2.22. The maximum Gasteiger partial charge on any atom is 0.204 e. The van der Waals surface area contributed by atoms with Crippen LogP contribution in [0, 0.1) is 0 Å². The molecule has 34 heavy (non-hydrogen) atoms. The number of aromatic nitrogens is 2. The number of allylic oxidation sites excluding steroid dienone is 2. The van der Waals surface area contributed by atoms with E-state index in [4.69, 9.17) is 5.73 Å². The molecular formula is C26H29N7O. The number of nitrogens with one attached hydrogen (secondary N) is 2. The molecule has 1 aliphatic rings. The Balaban J connectivity index is 1.38. The summed E-state index contributed by atoms with van der Waals surface area (Å²) in [4.78, 5) is 23.2. The van der Waals surface area contributed by atoms with Crippen LogP contribution in [0.1, 0.15) is 6.42 Å². The van der Waals surface area contributed by atoms with E-state index in [0.29, 0.717) is 17.1 Å². The molecule has 0 atom stereocenters. The topological polar surface area (TPSA) is 101 Å². The summed E-state index contributed by atoms with van der Waals surface area (Å²) in [5.74, 6) is -0.180. The number of hydrogen-bond acceptors (Lipinski definition) is 7. The molecule has 0 radical (unpaired) electrons. The molecule has 0 amide bonds. The van der Waals surface area contributed by atoms with Gasteiger partial charge in [0.05, 0.1) is 29.1 Å². The van der Waals surface area contributed by atoms with E-state index < -0.39 is 0 Å². The number of hydrogen-bond donors (Lipinski definition) is 3. The van der Waals surface area contributed by atoms with Gasteiger partial charge in [-0.1, -0.05) is 0 Å². The minimum Gasteiger partial charge on any atom is -0.397 e. The van der Waals surface area contributed by atoms with Crippen molar-refractivity contribution >= 4 is 34.2 Å². The Bertz CT molecular complexity index is 1210. The van der Waals surface area contributed by atoms with Crippen molar-refractivity contribution in [1.82, 2.24) is 9.55 Å². The fourth-order valence-corrected chi connectivity index (χ4v) is 3.48. The average Bonchev–Trinajstić information content (AvgIpc) is 3.35. The molecule has 4 rings (SSSR count). The lowest BCUT2D eigenvalue weighted by molar-refractivity contribution is -0.111. The van der Waals surface area contributed by atoms with Crippen LogP contribution in [0.5, 0.6) is 0 Å². The summed E-state index contributed by atoms with van der Waals surface area (Å²) in [6.45, 7) is 1.78. The van der Waals surface area contributed by atoms with Crippen LogP contribution in [0.3, 0.4) is 0 Å². The summed E-state index contributed by atoms with van der Waals surface area (Å²) < 4.78 is 2.06. The van der Waals surface area contributed by atoms with Gasteiger partial charge in [-0.2, -0.15) is 0 Å². The molecule has 0 bridgehead atoms. The molecule has 4 N–H and O–H groups in total. The highest BCUT2D eigenvalue weighted by molar-refractivity contribution is 6.23. The monoisotopic (exact) mass is 455 g/mol. The van der Waals surface area contributed by atoms with Crippen molar-refractivity contribution in [2.45, 2.75) is 13.0 Å². The first-order valence-electron chi connectivity index (χ1n) is 11.1. The van der Waals surface area contributed by atoms with Crippen LogP contribution in [-0.2, 0) is 11.3 Å². The van der Waals surface area contributed by atoms with Gasteiger partial charge < -0.3 is 25.8 Å². The van der Waals surface area contributed by atoms with Gasteiger partial charge in [-0.15, -0.1) is 0 Å². The van der Waals surface area contributed by atoms with Gasteiger partial charge in [0.15, 0.2) is 0 Å². The van der Waals surface area contributed by atoms with Gasteiger partial charge in [0.25, 0.3) is 0 Å². The Labute approximate surface area is 199 Å². The van der Waals surface area contributed by atoms with Gasteiger partial charge in [-0.3, -0.25) is 4.79 Å². The highest BCUT2D eigenvalue weighted by atomic mass is 16.1. The van der Waals surface area contributed by atoms with Crippen LogP contribution in [0.25, 0.3) is 0 Å². The summed E-state index contributed by atoms with van der Waals surface area (Å²) in [5.41, 5.74) is 11.1. The number of ketones is 1. The number of aliphatic imine (C=N–C) groups is 1. The van der Waals surface area contributed by atoms with Crippen LogP contribution >= 0.6 is 0 Å². The van der Waals surface area contributed by atoms with E-state index in [0.717, 1.165) is 42.3 Å². The third-order valence-corrected chi connectivity index (χ3v) is 5.39. The summed E-state index contributed by atoms with van der Waals surface area (Å²) in [6, 6.07) is 15.7. The first-order chi connectivity index (χ1) is 16.5. The number of benzene rings is 2. The van der Waals surface area contributed by atoms with Gasteiger partial charge in [-0.05, 0) is 61.0 Å². The van der Waals surface area contributed by atoms with E-state index in [2.05, 4.69) is 25.2 Å². The molecule has 8 nitrogen and oxygen atoms in total. The predicted octanol–water partition coefficient (Wildman–Crippen LogP) is 3.95. The maximum absolute atomic E-state index is 12.5. The Morgan fingerprint density at radius 1 is 1.03 bits per heavy atom. The van der Waals surface area contributed by atoms with E-state index >= 15 is 0 Å². The molecular weight excluding hydrogens is 426 g/mol. The smallest absolute Gasteiger partial charge is 0.204 e. The first-order valence-corrected chi connectivity index (χ1v) is 11.1. The van der Waals surface area contributed by atoms with Crippen molar-refractivity contribution < 1.29 is 4.79 Å². The fourth-order valence-electron chi connectivity index (χ4n) is 3.48. The number of carbonyl (C=O) groups is 1. The van der Waals surface area contributed by atoms with E-state index in [-0.39, 0.29) is 5.78 Å². The van der Waals surface area contributed by atoms with Crippen molar-refractivity contribution in [2.24, 2.45) is 10.7 Å². The number of anilines is 3. The van der Waals surface area contributed by atoms with Gasteiger partial charge in [0.1, 0.15) is 0 Å². The SMILES string of the molecule is CN(C)c1ccc(/N=C2\C=C(Nc3ccc(NCCCn4ccnc4)cc3)C(=O)C=C2N)cc1.